The predicted octanol–water partition coefficient (Wildman–Crippen LogP) is 1.57. The van der Waals surface area contributed by atoms with E-state index in [1.165, 1.54) is 0 Å². The van der Waals surface area contributed by atoms with Crippen LogP contribution in [-0.4, -0.2) is 28.1 Å². The Morgan fingerprint density at radius 3 is 3.00 bits per heavy atom. The zero-order valence-corrected chi connectivity index (χ0v) is 9.09. The number of aromatic nitrogens is 2. The molecular formula is C11H13N3O2. The maximum Gasteiger partial charge on any atom is 0.232 e. The molecular weight excluding hydrogens is 206 g/mol. The summed E-state index contributed by atoms with van der Waals surface area (Å²) in [6, 6.07) is 3.90. The summed E-state index contributed by atoms with van der Waals surface area (Å²) in [5, 5.41) is 3.80. The molecule has 0 bridgehead atoms. The Kier molecular flexibility index (Phi) is 2.25. The molecule has 1 aliphatic rings. The second-order valence-electron chi connectivity index (χ2n) is 4.15. The van der Waals surface area contributed by atoms with Crippen molar-refractivity contribution in [2.24, 2.45) is 0 Å². The molecule has 1 aliphatic heterocycles. The van der Waals surface area contributed by atoms with Gasteiger partial charge in [-0.2, -0.15) is 4.98 Å². The fourth-order valence-corrected chi connectivity index (χ4v) is 1.96. The number of likely N-dealkylation sites (tertiary alicyclic amines) is 1. The fraction of sp³-hybridized carbons (Fsp3) is 0.455. The Hall–Kier alpha value is -1.62. The van der Waals surface area contributed by atoms with Gasteiger partial charge in [-0.3, -0.25) is 4.90 Å². The molecule has 0 atom stereocenters. The normalized spacial score (nSPS) is 17.6. The maximum absolute atomic E-state index is 5.29. The molecule has 1 fully saturated rings. The van der Waals surface area contributed by atoms with Gasteiger partial charge in [0.15, 0.2) is 5.82 Å². The molecule has 3 rings (SSSR count). The van der Waals surface area contributed by atoms with Crippen LogP contribution >= 0.6 is 0 Å². The van der Waals surface area contributed by atoms with Crippen LogP contribution in [0.25, 0.3) is 0 Å². The third-order valence-corrected chi connectivity index (χ3v) is 2.81. The van der Waals surface area contributed by atoms with Gasteiger partial charge in [0, 0.05) is 13.1 Å². The van der Waals surface area contributed by atoms with Crippen molar-refractivity contribution in [2.45, 2.75) is 19.4 Å². The average molecular weight is 219 g/mol. The molecule has 2 aromatic rings. The molecule has 0 amide bonds. The first-order chi connectivity index (χ1) is 7.81. The Bertz CT molecular complexity index is 457. The van der Waals surface area contributed by atoms with E-state index in [0.29, 0.717) is 11.7 Å². The van der Waals surface area contributed by atoms with Crippen LogP contribution in [0.3, 0.4) is 0 Å². The van der Waals surface area contributed by atoms with Crippen LogP contribution in [0.1, 0.15) is 23.4 Å². The van der Waals surface area contributed by atoms with Crippen LogP contribution in [0.2, 0.25) is 0 Å². The summed E-state index contributed by atoms with van der Waals surface area (Å²) in [4.78, 5) is 6.53. The quantitative estimate of drug-likeness (QED) is 0.784. The lowest BCUT2D eigenvalue weighted by atomic mass is 10.0. The van der Waals surface area contributed by atoms with Gasteiger partial charge in [0.05, 0.1) is 18.7 Å². The van der Waals surface area contributed by atoms with E-state index in [9.17, 15) is 0 Å². The highest BCUT2D eigenvalue weighted by atomic mass is 16.5. The highest BCUT2D eigenvalue weighted by molar-refractivity contribution is 5.05. The van der Waals surface area contributed by atoms with E-state index in [0.717, 1.165) is 31.3 Å². The largest absolute Gasteiger partial charge is 0.468 e. The monoisotopic (exact) mass is 219 g/mol. The third kappa shape index (κ3) is 1.74. The lowest BCUT2D eigenvalue weighted by molar-refractivity contribution is 0.109. The SMILES string of the molecule is Cc1noc(C2CN(Cc3ccco3)C2)n1. The minimum atomic E-state index is 0.385. The molecule has 84 valence electrons. The second-order valence-corrected chi connectivity index (χ2v) is 4.15. The second kappa shape index (κ2) is 3.75. The summed E-state index contributed by atoms with van der Waals surface area (Å²) < 4.78 is 10.4. The molecule has 0 aromatic carbocycles. The van der Waals surface area contributed by atoms with Crippen molar-refractivity contribution in [2.75, 3.05) is 13.1 Å². The lowest BCUT2D eigenvalue weighted by Gasteiger charge is -2.36. The summed E-state index contributed by atoms with van der Waals surface area (Å²) in [5.74, 6) is 2.85. The molecule has 0 saturated carbocycles. The van der Waals surface area contributed by atoms with Crippen LogP contribution in [0, 0.1) is 6.92 Å². The van der Waals surface area contributed by atoms with Gasteiger partial charge in [0.1, 0.15) is 5.76 Å². The van der Waals surface area contributed by atoms with Gasteiger partial charge >= 0.3 is 0 Å². The van der Waals surface area contributed by atoms with E-state index in [2.05, 4.69) is 15.0 Å². The molecule has 0 unspecified atom stereocenters. The van der Waals surface area contributed by atoms with Crippen molar-refractivity contribution in [1.82, 2.24) is 15.0 Å². The van der Waals surface area contributed by atoms with E-state index in [-0.39, 0.29) is 0 Å². The standard InChI is InChI=1S/C11H13N3O2/c1-8-12-11(16-13-8)9-5-14(6-9)7-10-3-2-4-15-10/h2-4,9H,5-7H2,1H3. The molecule has 0 aliphatic carbocycles. The van der Waals surface area contributed by atoms with Crippen LogP contribution in [0.4, 0.5) is 0 Å². The van der Waals surface area contributed by atoms with Crippen LogP contribution < -0.4 is 0 Å². The Morgan fingerprint density at radius 1 is 1.50 bits per heavy atom. The van der Waals surface area contributed by atoms with Gasteiger partial charge in [0.25, 0.3) is 0 Å². The van der Waals surface area contributed by atoms with Gasteiger partial charge in [0.2, 0.25) is 5.89 Å². The van der Waals surface area contributed by atoms with Crippen LogP contribution in [-0.2, 0) is 6.54 Å². The zero-order chi connectivity index (χ0) is 11.0. The summed E-state index contributed by atoms with van der Waals surface area (Å²) in [6.07, 6.45) is 1.70. The van der Waals surface area contributed by atoms with Crippen molar-refractivity contribution >= 4 is 0 Å². The van der Waals surface area contributed by atoms with Gasteiger partial charge in [-0.25, -0.2) is 0 Å². The predicted molar refractivity (Wildman–Crippen MR) is 55.8 cm³/mol. The number of rotatable bonds is 3. The molecule has 5 nitrogen and oxygen atoms in total. The summed E-state index contributed by atoms with van der Waals surface area (Å²) >= 11 is 0. The van der Waals surface area contributed by atoms with Gasteiger partial charge in [-0.1, -0.05) is 5.16 Å². The minimum Gasteiger partial charge on any atom is -0.468 e. The first kappa shape index (κ1) is 9.59. The van der Waals surface area contributed by atoms with Crippen LogP contribution in [0.5, 0.6) is 0 Å². The van der Waals surface area contributed by atoms with Gasteiger partial charge in [-0.05, 0) is 19.1 Å². The third-order valence-electron chi connectivity index (χ3n) is 2.81. The first-order valence-corrected chi connectivity index (χ1v) is 5.36. The van der Waals surface area contributed by atoms with Crippen LogP contribution in [0.15, 0.2) is 27.3 Å². The van der Waals surface area contributed by atoms with Gasteiger partial charge < -0.3 is 8.94 Å². The average Bonchev–Trinajstić information content (AvgIpc) is 2.82. The van der Waals surface area contributed by atoms with E-state index in [1.54, 1.807) is 6.26 Å². The summed E-state index contributed by atoms with van der Waals surface area (Å²) in [5.41, 5.74) is 0. The molecule has 1 saturated heterocycles. The number of hydrogen-bond donors (Lipinski definition) is 0. The van der Waals surface area contributed by atoms with E-state index in [4.69, 9.17) is 8.94 Å². The summed E-state index contributed by atoms with van der Waals surface area (Å²) in [7, 11) is 0. The summed E-state index contributed by atoms with van der Waals surface area (Å²) in [6.45, 7) is 4.62. The fourth-order valence-electron chi connectivity index (χ4n) is 1.96. The Balaban J connectivity index is 1.55. The molecule has 0 spiro atoms. The highest BCUT2D eigenvalue weighted by Crippen LogP contribution is 2.26. The molecule has 0 radical (unpaired) electrons. The van der Waals surface area contributed by atoms with Crippen molar-refractivity contribution in [3.63, 3.8) is 0 Å². The van der Waals surface area contributed by atoms with Crippen molar-refractivity contribution in [3.05, 3.63) is 35.9 Å². The van der Waals surface area contributed by atoms with E-state index >= 15 is 0 Å². The van der Waals surface area contributed by atoms with E-state index in [1.807, 2.05) is 19.1 Å². The highest BCUT2D eigenvalue weighted by Gasteiger charge is 2.32. The zero-order valence-electron chi connectivity index (χ0n) is 9.09. The maximum atomic E-state index is 5.29. The van der Waals surface area contributed by atoms with E-state index < -0.39 is 0 Å². The first-order valence-electron chi connectivity index (χ1n) is 5.36. The van der Waals surface area contributed by atoms with Gasteiger partial charge in [-0.15, -0.1) is 0 Å². The number of hydrogen-bond acceptors (Lipinski definition) is 5. The van der Waals surface area contributed by atoms with Crippen molar-refractivity contribution in [1.29, 1.82) is 0 Å². The number of nitrogens with zero attached hydrogens (tertiary/aromatic N) is 3. The molecule has 0 N–H and O–H groups in total. The lowest BCUT2D eigenvalue weighted by Crippen LogP contribution is -2.44. The molecule has 5 heteroatoms. The van der Waals surface area contributed by atoms with Crippen molar-refractivity contribution in [3.8, 4) is 0 Å². The molecule has 16 heavy (non-hydrogen) atoms. The number of aryl methyl sites for hydroxylation is 1. The molecule has 2 aromatic heterocycles. The Morgan fingerprint density at radius 2 is 2.38 bits per heavy atom. The Labute approximate surface area is 93.0 Å². The smallest absolute Gasteiger partial charge is 0.232 e. The van der Waals surface area contributed by atoms with Crippen molar-refractivity contribution < 1.29 is 8.94 Å². The number of furan rings is 1. The topological polar surface area (TPSA) is 55.3 Å². The minimum absolute atomic E-state index is 0.385. The molecule has 3 heterocycles.